The molecule has 1 unspecified atom stereocenters. The standard InChI is InChI=1S/C23H21F5N4O3/c1-2-11-9-22(35,23(26,27)28)19(14-7-8-16(25)18(33)17(11)14)31-21(34)15-10-30-32(20(15)29)13-5-3-12(24)4-6-13/h3-8,10-11,19,33,35H,2,9,29H2,1H3,(H,31,34)/t11?,19-,22+/m0/s1. The third kappa shape index (κ3) is 3.97. The number of carbonyl (C=O) groups is 1. The van der Waals surface area contributed by atoms with Gasteiger partial charge in [-0.15, -0.1) is 0 Å². The molecule has 3 aromatic rings. The highest BCUT2D eigenvalue weighted by molar-refractivity contribution is 5.98. The van der Waals surface area contributed by atoms with E-state index in [1.165, 1.54) is 12.1 Å². The highest BCUT2D eigenvalue weighted by atomic mass is 19.4. The summed E-state index contributed by atoms with van der Waals surface area (Å²) in [6.45, 7) is 1.54. The monoisotopic (exact) mass is 496 g/mol. The summed E-state index contributed by atoms with van der Waals surface area (Å²) in [4.78, 5) is 13.0. The number of nitrogens with one attached hydrogen (secondary N) is 1. The Morgan fingerprint density at radius 2 is 1.89 bits per heavy atom. The lowest BCUT2D eigenvalue weighted by Crippen LogP contribution is -2.58. The van der Waals surface area contributed by atoms with Crippen LogP contribution in [-0.2, 0) is 0 Å². The van der Waals surface area contributed by atoms with Gasteiger partial charge >= 0.3 is 6.18 Å². The first-order valence-corrected chi connectivity index (χ1v) is 10.6. The van der Waals surface area contributed by atoms with Gasteiger partial charge in [-0.3, -0.25) is 4.79 Å². The van der Waals surface area contributed by atoms with E-state index in [0.717, 1.165) is 35.1 Å². The second-order valence-electron chi connectivity index (χ2n) is 8.37. The van der Waals surface area contributed by atoms with Crippen LogP contribution in [0.4, 0.5) is 27.8 Å². The summed E-state index contributed by atoms with van der Waals surface area (Å²) >= 11 is 0. The second-order valence-corrected chi connectivity index (χ2v) is 8.37. The second kappa shape index (κ2) is 8.52. The molecule has 1 aliphatic rings. The summed E-state index contributed by atoms with van der Waals surface area (Å²) < 4.78 is 70.8. The lowest BCUT2D eigenvalue weighted by Gasteiger charge is -2.45. The largest absolute Gasteiger partial charge is 0.505 e. The average molecular weight is 496 g/mol. The number of rotatable bonds is 4. The summed E-state index contributed by atoms with van der Waals surface area (Å²) in [5.74, 6) is -4.74. The molecule has 1 amide bonds. The normalized spacial score (nSPS) is 22.0. The van der Waals surface area contributed by atoms with Crippen molar-refractivity contribution in [2.75, 3.05) is 5.73 Å². The highest BCUT2D eigenvalue weighted by Crippen LogP contribution is 2.54. The van der Waals surface area contributed by atoms with Crippen LogP contribution in [0, 0.1) is 11.6 Å². The number of fused-ring (bicyclic) bond motifs is 1. The Kier molecular flexibility index (Phi) is 5.95. The number of alkyl halides is 3. The zero-order chi connectivity index (χ0) is 25.7. The van der Waals surface area contributed by atoms with Crippen molar-refractivity contribution in [3.63, 3.8) is 0 Å². The Hall–Kier alpha value is -3.67. The summed E-state index contributed by atoms with van der Waals surface area (Å²) in [7, 11) is 0. The molecule has 7 nitrogen and oxygen atoms in total. The molecule has 5 N–H and O–H groups in total. The van der Waals surface area contributed by atoms with E-state index in [-0.39, 0.29) is 28.9 Å². The lowest BCUT2D eigenvalue weighted by molar-refractivity contribution is -0.277. The molecule has 2 aromatic carbocycles. The summed E-state index contributed by atoms with van der Waals surface area (Å²) in [6, 6.07) is 4.63. The van der Waals surface area contributed by atoms with Crippen LogP contribution in [0.15, 0.2) is 42.6 Å². The number of aromatic hydroxyl groups is 1. The van der Waals surface area contributed by atoms with Crippen molar-refractivity contribution < 1.29 is 37.0 Å². The summed E-state index contributed by atoms with van der Waals surface area (Å²) in [5, 5.41) is 27.2. The highest BCUT2D eigenvalue weighted by Gasteiger charge is 2.62. The lowest BCUT2D eigenvalue weighted by atomic mass is 9.69. The minimum Gasteiger partial charge on any atom is -0.505 e. The van der Waals surface area contributed by atoms with Gasteiger partial charge in [0.15, 0.2) is 17.2 Å². The molecule has 35 heavy (non-hydrogen) atoms. The number of phenols is 1. The number of hydrogen-bond acceptors (Lipinski definition) is 5. The molecule has 4 rings (SSSR count). The fraction of sp³-hybridized carbons (Fsp3) is 0.304. The van der Waals surface area contributed by atoms with Crippen LogP contribution in [-0.4, -0.2) is 37.7 Å². The SMILES string of the molecule is CCC1C[C@](O)(C(F)(F)F)[C@@H](NC(=O)c2cnn(-c3ccc(F)cc3)c2N)c2ccc(F)c(O)c21. The van der Waals surface area contributed by atoms with Crippen LogP contribution >= 0.6 is 0 Å². The van der Waals surface area contributed by atoms with E-state index in [2.05, 4.69) is 10.4 Å². The maximum absolute atomic E-state index is 14.1. The van der Waals surface area contributed by atoms with Gasteiger partial charge in [-0.1, -0.05) is 13.0 Å². The van der Waals surface area contributed by atoms with E-state index in [1.807, 2.05) is 0 Å². The van der Waals surface area contributed by atoms with Gasteiger partial charge in [0.05, 0.1) is 17.9 Å². The maximum atomic E-state index is 14.1. The van der Waals surface area contributed by atoms with Crippen molar-refractivity contribution >= 4 is 11.7 Å². The van der Waals surface area contributed by atoms with E-state index in [1.54, 1.807) is 6.92 Å². The zero-order valence-electron chi connectivity index (χ0n) is 18.3. The van der Waals surface area contributed by atoms with Crippen LogP contribution < -0.4 is 11.1 Å². The van der Waals surface area contributed by atoms with Gasteiger partial charge in [0.2, 0.25) is 0 Å². The number of nitrogen functional groups attached to an aromatic ring is 1. The molecular formula is C23H21F5N4O3. The molecule has 1 aliphatic carbocycles. The first-order chi connectivity index (χ1) is 16.4. The Morgan fingerprint density at radius 1 is 1.23 bits per heavy atom. The van der Waals surface area contributed by atoms with Gasteiger partial charge in [0.25, 0.3) is 5.91 Å². The molecule has 1 aromatic heterocycles. The van der Waals surface area contributed by atoms with Gasteiger partial charge < -0.3 is 21.3 Å². The topological polar surface area (TPSA) is 113 Å². The van der Waals surface area contributed by atoms with E-state index >= 15 is 0 Å². The summed E-state index contributed by atoms with van der Waals surface area (Å²) in [5.41, 5.74) is 2.19. The van der Waals surface area contributed by atoms with Crippen molar-refractivity contribution in [1.29, 1.82) is 0 Å². The number of halogens is 5. The minimum absolute atomic E-state index is 0.0699. The molecule has 0 saturated heterocycles. The number of anilines is 1. The van der Waals surface area contributed by atoms with Crippen LogP contribution in [0.5, 0.6) is 5.75 Å². The van der Waals surface area contributed by atoms with Crippen LogP contribution in [0.3, 0.4) is 0 Å². The molecule has 0 spiro atoms. The molecule has 0 radical (unpaired) electrons. The maximum Gasteiger partial charge on any atom is 0.419 e. The number of aromatic nitrogens is 2. The number of amides is 1. The molecule has 1 heterocycles. The van der Waals surface area contributed by atoms with Gasteiger partial charge in [-0.05, 0) is 54.7 Å². The molecule has 186 valence electrons. The Morgan fingerprint density at radius 3 is 2.49 bits per heavy atom. The molecule has 0 bridgehead atoms. The summed E-state index contributed by atoms with van der Waals surface area (Å²) in [6.07, 6.45) is -5.00. The first-order valence-electron chi connectivity index (χ1n) is 10.6. The number of benzene rings is 2. The van der Waals surface area contributed by atoms with Crippen molar-refractivity contribution in [3.8, 4) is 11.4 Å². The molecule has 12 heteroatoms. The Bertz CT molecular complexity index is 1280. The van der Waals surface area contributed by atoms with Crippen LogP contribution in [0.2, 0.25) is 0 Å². The number of phenolic OH excluding ortho intramolecular Hbond substituents is 1. The molecular weight excluding hydrogens is 475 g/mol. The third-order valence-electron chi connectivity index (χ3n) is 6.34. The van der Waals surface area contributed by atoms with E-state index in [9.17, 15) is 37.0 Å². The number of carbonyl (C=O) groups excluding carboxylic acids is 1. The quantitative estimate of drug-likeness (QED) is 0.406. The predicted octanol–water partition coefficient (Wildman–Crippen LogP) is 4.10. The number of hydrogen-bond donors (Lipinski definition) is 4. The third-order valence-corrected chi connectivity index (χ3v) is 6.34. The predicted molar refractivity (Wildman–Crippen MR) is 115 cm³/mol. The fourth-order valence-corrected chi connectivity index (χ4v) is 4.49. The van der Waals surface area contributed by atoms with Crippen LogP contribution in [0.1, 0.15) is 53.2 Å². The Balaban J connectivity index is 1.77. The Labute approximate surface area is 196 Å². The van der Waals surface area contributed by atoms with E-state index in [0.29, 0.717) is 5.69 Å². The molecule has 3 atom stereocenters. The molecule has 0 aliphatic heterocycles. The number of aliphatic hydroxyl groups is 1. The first kappa shape index (κ1) is 24.5. The van der Waals surface area contributed by atoms with Gasteiger partial charge in [0, 0.05) is 5.56 Å². The number of nitrogens with two attached hydrogens (primary N) is 1. The van der Waals surface area contributed by atoms with Crippen LogP contribution in [0.25, 0.3) is 5.69 Å². The van der Waals surface area contributed by atoms with Crippen molar-refractivity contribution in [2.45, 2.75) is 43.5 Å². The van der Waals surface area contributed by atoms with E-state index in [4.69, 9.17) is 5.73 Å². The van der Waals surface area contributed by atoms with Crippen molar-refractivity contribution in [1.82, 2.24) is 15.1 Å². The minimum atomic E-state index is -5.18. The van der Waals surface area contributed by atoms with Gasteiger partial charge in [0.1, 0.15) is 17.2 Å². The molecule has 0 saturated carbocycles. The van der Waals surface area contributed by atoms with Gasteiger partial charge in [-0.25, -0.2) is 13.5 Å². The molecule has 0 fully saturated rings. The van der Waals surface area contributed by atoms with Crippen molar-refractivity contribution in [2.24, 2.45) is 0 Å². The van der Waals surface area contributed by atoms with E-state index < -0.39 is 53.4 Å². The average Bonchev–Trinajstić information content (AvgIpc) is 3.18. The van der Waals surface area contributed by atoms with Crippen molar-refractivity contribution in [3.05, 3.63) is 70.9 Å². The zero-order valence-corrected chi connectivity index (χ0v) is 18.3. The smallest absolute Gasteiger partial charge is 0.419 e. The number of nitrogens with zero attached hydrogens (tertiary/aromatic N) is 2. The van der Waals surface area contributed by atoms with Gasteiger partial charge in [-0.2, -0.15) is 18.3 Å². The fourth-order valence-electron chi connectivity index (χ4n) is 4.49.